The minimum atomic E-state index is -4.37. The van der Waals surface area contributed by atoms with Crippen LogP contribution < -0.4 is 0 Å². The third-order valence-corrected chi connectivity index (χ3v) is 3.93. The number of rotatable bonds is 4. The van der Waals surface area contributed by atoms with Crippen molar-refractivity contribution in [2.75, 3.05) is 0 Å². The van der Waals surface area contributed by atoms with E-state index in [1.807, 2.05) is 0 Å². The first kappa shape index (κ1) is 16.6. The molecule has 6 heteroatoms. The van der Waals surface area contributed by atoms with Crippen LogP contribution in [0.3, 0.4) is 0 Å². The normalized spacial score (nSPS) is 13.5. The van der Waals surface area contributed by atoms with Crippen molar-refractivity contribution in [1.82, 2.24) is 0 Å². The Labute approximate surface area is 128 Å². The molecule has 2 aromatic rings. The maximum absolute atomic E-state index is 12.7. The van der Waals surface area contributed by atoms with Crippen LogP contribution in [0.15, 0.2) is 53.9 Å². The topological polar surface area (TPSA) is 23.1 Å². The van der Waals surface area contributed by atoms with E-state index in [4.69, 9.17) is 0 Å². The Morgan fingerprint density at radius 1 is 0.955 bits per heavy atom. The lowest BCUT2D eigenvalue weighted by atomic mass is 10.1. The first-order valence-electron chi connectivity index (χ1n) is 6.32. The zero-order valence-electron chi connectivity index (χ0n) is 11.3. The van der Waals surface area contributed by atoms with Crippen molar-refractivity contribution in [1.29, 1.82) is 0 Å². The van der Waals surface area contributed by atoms with Crippen LogP contribution >= 0.6 is 0 Å². The molecular formula is C16H12F4OS. The summed E-state index contributed by atoms with van der Waals surface area (Å²) in [6.45, 7) is 0. The number of hydrogen-bond donors (Lipinski definition) is 0. The van der Waals surface area contributed by atoms with E-state index < -0.39 is 22.9 Å². The maximum atomic E-state index is 12.7. The van der Waals surface area contributed by atoms with Gasteiger partial charge in [0.1, 0.15) is 17.0 Å². The van der Waals surface area contributed by atoms with Crippen LogP contribution in [0.25, 0.3) is 6.08 Å². The lowest BCUT2D eigenvalue weighted by Crippen LogP contribution is -2.05. The lowest BCUT2D eigenvalue weighted by Gasteiger charge is -2.09. The van der Waals surface area contributed by atoms with Gasteiger partial charge in [0.05, 0.1) is 5.56 Å². The molecule has 0 N–H and O–H groups in total. The molecule has 22 heavy (non-hydrogen) atoms. The molecule has 0 radical (unpaired) electrons. The highest BCUT2D eigenvalue weighted by molar-refractivity contribution is 7.93. The smallest absolute Gasteiger partial charge is 0.416 e. The summed E-state index contributed by atoms with van der Waals surface area (Å²) in [4.78, 5) is 0. The molecule has 2 rings (SSSR count). The van der Waals surface area contributed by atoms with Crippen LogP contribution in [-0.4, -0.2) is 4.55 Å². The molecule has 0 fully saturated rings. The summed E-state index contributed by atoms with van der Waals surface area (Å²) in [7, 11) is 0. The molecule has 0 aromatic heterocycles. The van der Waals surface area contributed by atoms with Gasteiger partial charge in [-0.2, -0.15) is 13.2 Å². The van der Waals surface area contributed by atoms with Gasteiger partial charge in [-0.1, -0.05) is 24.3 Å². The first-order chi connectivity index (χ1) is 10.3. The zero-order chi connectivity index (χ0) is 16.2. The minimum absolute atomic E-state index is 0.121. The quantitative estimate of drug-likeness (QED) is 0.586. The lowest BCUT2D eigenvalue weighted by molar-refractivity contribution is -0.137. The number of hydrogen-bond acceptors (Lipinski definition) is 1. The van der Waals surface area contributed by atoms with Crippen molar-refractivity contribution < 1.29 is 22.1 Å². The largest absolute Gasteiger partial charge is 0.612 e. The molecule has 0 aliphatic rings. The van der Waals surface area contributed by atoms with Gasteiger partial charge < -0.3 is 4.55 Å². The van der Waals surface area contributed by atoms with Crippen molar-refractivity contribution in [3.8, 4) is 0 Å². The summed E-state index contributed by atoms with van der Waals surface area (Å²) in [6.07, 6.45) is -2.79. The molecule has 0 amide bonds. The van der Waals surface area contributed by atoms with E-state index >= 15 is 0 Å². The van der Waals surface area contributed by atoms with Gasteiger partial charge in [0.25, 0.3) is 0 Å². The van der Waals surface area contributed by atoms with E-state index in [0.717, 1.165) is 12.1 Å². The first-order valence-corrected chi connectivity index (χ1v) is 7.70. The molecule has 116 valence electrons. The summed E-state index contributed by atoms with van der Waals surface area (Å²) in [5.74, 6) is -0.237. The Morgan fingerprint density at radius 3 is 2.09 bits per heavy atom. The standard InChI is InChI=1S/C16H12F4OS/c17-15-7-3-12(4-8-15)9-10-22(21)11-13-1-5-14(6-2-13)16(18,19)20/h1-10H,11H2/b10-9+. The van der Waals surface area contributed by atoms with Crippen LogP contribution in [0.5, 0.6) is 0 Å². The van der Waals surface area contributed by atoms with Crippen LogP contribution in [0, 0.1) is 5.82 Å². The van der Waals surface area contributed by atoms with Crippen LogP contribution in [0.2, 0.25) is 0 Å². The molecule has 0 saturated carbocycles. The van der Waals surface area contributed by atoms with Gasteiger partial charge >= 0.3 is 6.18 Å². The summed E-state index contributed by atoms with van der Waals surface area (Å²) in [5, 5.41) is 1.44. The highest BCUT2D eigenvalue weighted by Gasteiger charge is 2.30. The van der Waals surface area contributed by atoms with Crippen molar-refractivity contribution in [2.45, 2.75) is 11.9 Å². The monoisotopic (exact) mass is 328 g/mol. The molecule has 2 aromatic carbocycles. The van der Waals surface area contributed by atoms with Crippen LogP contribution in [0.4, 0.5) is 17.6 Å². The van der Waals surface area contributed by atoms with E-state index in [-0.39, 0.29) is 11.6 Å². The third-order valence-electron chi connectivity index (χ3n) is 2.87. The Bertz CT molecular complexity index is 633. The highest BCUT2D eigenvalue weighted by atomic mass is 32.2. The van der Waals surface area contributed by atoms with E-state index in [9.17, 15) is 22.1 Å². The number of alkyl halides is 3. The van der Waals surface area contributed by atoms with Gasteiger partial charge in [-0.3, -0.25) is 0 Å². The number of benzene rings is 2. The predicted molar refractivity (Wildman–Crippen MR) is 78.7 cm³/mol. The van der Waals surface area contributed by atoms with E-state index in [0.29, 0.717) is 11.1 Å². The summed E-state index contributed by atoms with van der Waals surface area (Å²) >= 11 is -1.36. The Hall–Kier alpha value is -1.79. The van der Waals surface area contributed by atoms with Gasteiger partial charge in [0.15, 0.2) is 0 Å². The fraction of sp³-hybridized carbons (Fsp3) is 0.125. The molecule has 0 aliphatic heterocycles. The van der Waals surface area contributed by atoms with E-state index in [2.05, 4.69) is 0 Å². The summed E-state index contributed by atoms with van der Waals surface area (Å²) in [5.41, 5.74) is 0.515. The second-order valence-corrected chi connectivity index (χ2v) is 5.90. The molecular weight excluding hydrogens is 316 g/mol. The average Bonchev–Trinajstić information content (AvgIpc) is 2.46. The molecule has 1 unspecified atom stereocenters. The molecule has 0 aliphatic carbocycles. The maximum Gasteiger partial charge on any atom is 0.416 e. The van der Waals surface area contributed by atoms with Gasteiger partial charge in [-0.05, 0) is 47.1 Å². The fourth-order valence-corrected chi connectivity index (χ4v) is 2.66. The second-order valence-electron chi connectivity index (χ2n) is 4.57. The fourth-order valence-electron chi connectivity index (χ4n) is 1.73. The molecule has 1 atom stereocenters. The predicted octanol–water partition coefficient (Wildman–Crippen LogP) is 4.76. The van der Waals surface area contributed by atoms with Crippen LogP contribution in [-0.2, 0) is 23.1 Å². The van der Waals surface area contributed by atoms with Gasteiger partial charge in [-0.25, -0.2) is 4.39 Å². The summed E-state index contributed by atoms with van der Waals surface area (Å²) < 4.78 is 61.9. The second kappa shape index (κ2) is 6.98. The van der Waals surface area contributed by atoms with Crippen molar-refractivity contribution in [2.24, 2.45) is 0 Å². The average molecular weight is 328 g/mol. The van der Waals surface area contributed by atoms with Gasteiger partial charge in [0, 0.05) is 5.56 Å². The molecule has 0 spiro atoms. The van der Waals surface area contributed by atoms with Gasteiger partial charge in [0.2, 0.25) is 0 Å². The molecule has 0 bridgehead atoms. The van der Waals surface area contributed by atoms with E-state index in [1.54, 1.807) is 18.2 Å². The molecule has 0 heterocycles. The molecule has 0 saturated heterocycles. The summed E-state index contributed by atoms with van der Waals surface area (Å²) in [6, 6.07) is 10.2. The van der Waals surface area contributed by atoms with E-state index in [1.165, 1.54) is 29.7 Å². The van der Waals surface area contributed by atoms with Gasteiger partial charge in [-0.15, -0.1) is 0 Å². The highest BCUT2D eigenvalue weighted by Crippen LogP contribution is 2.29. The minimum Gasteiger partial charge on any atom is -0.612 e. The number of halogens is 4. The third kappa shape index (κ3) is 4.89. The Morgan fingerprint density at radius 2 is 1.55 bits per heavy atom. The SMILES string of the molecule is [O-][S+](/C=C/c1ccc(F)cc1)Cc1ccc(C(F)(F)F)cc1. The Kier molecular flexibility index (Phi) is 5.26. The zero-order valence-corrected chi connectivity index (χ0v) is 12.1. The van der Waals surface area contributed by atoms with Crippen molar-refractivity contribution >= 4 is 17.3 Å². The van der Waals surface area contributed by atoms with Crippen molar-refractivity contribution in [3.05, 3.63) is 76.4 Å². The molecule has 1 nitrogen and oxygen atoms in total. The van der Waals surface area contributed by atoms with Crippen molar-refractivity contribution in [3.63, 3.8) is 0 Å². The van der Waals surface area contributed by atoms with Crippen LogP contribution in [0.1, 0.15) is 16.7 Å². The Balaban J connectivity index is 1.97.